The van der Waals surface area contributed by atoms with Gasteiger partial charge >= 0.3 is 0 Å². The van der Waals surface area contributed by atoms with Crippen molar-refractivity contribution in [3.8, 4) is 0 Å². The molecule has 0 aliphatic carbocycles. The number of nitrogens with two attached hydrogens (primary N) is 1. The summed E-state index contributed by atoms with van der Waals surface area (Å²) in [5.74, 6) is -0.261. The third-order valence-corrected chi connectivity index (χ3v) is 2.45. The Morgan fingerprint density at radius 1 is 1.47 bits per heavy atom. The maximum atomic E-state index is 13.0. The van der Waals surface area contributed by atoms with Crippen LogP contribution >= 0.6 is 28.3 Å². The van der Waals surface area contributed by atoms with E-state index in [9.17, 15) is 4.39 Å². The fourth-order valence-electron chi connectivity index (χ4n) is 1.25. The molecule has 0 saturated heterocycles. The highest BCUT2D eigenvalue weighted by Gasteiger charge is 2.07. The lowest BCUT2D eigenvalue weighted by Gasteiger charge is -2.11. The third kappa shape index (κ3) is 4.78. The van der Waals surface area contributed by atoms with Gasteiger partial charge in [0.05, 0.1) is 0 Å². The Bertz CT molecular complexity index is 310. The largest absolute Gasteiger partial charge is 0.324 e. The Balaban J connectivity index is 0.00000196. The molecule has 0 aliphatic heterocycles. The molecule has 0 radical (unpaired) electrons. The van der Waals surface area contributed by atoms with Crippen LogP contribution in [0.3, 0.4) is 0 Å². The molecule has 0 bridgehead atoms. The van der Waals surface area contributed by atoms with Crippen molar-refractivity contribution in [2.75, 3.05) is 0 Å². The lowest BCUT2D eigenvalue weighted by Crippen LogP contribution is -2.10. The molecule has 1 aromatic carbocycles. The number of hydrogen-bond acceptors (Lipinski definition) is 1. The molecule has 0 spiro atoms. The molecule has 0 unspecified atom stereocenters. The van der Waals surface area contributed by atoms with Crippen LogP contribution in [0.25, 0.3) is 0 Å². The van der Waals surface area contributed by atoms with Crippen LogP contribution in [0.4, 0.5) is 4.39 Å². The number of benzene rings is 1. The van der Waals surface area contributed by atoms with Crippen molar-refractivity contribution < 1.29 is 4.39 Å². The first kappa shape index (κ1) is 14.6. The molecular weight excluding hydrogens is 280 g/mol. The summed E-state index contributed by atoms with van der Waals surface area (Å²) < 4.78 is 13.7. The monoisotopic (exact) mass is 293 g/mol. The first-order valence-corrected chi connectivity index (χ1v) is 5.25. The van der Waals surface area contributed by atoms with E-state index in [0.29, 0.717) is 0 Å². The van der Waals surface area contributed by atoms with Gasteiger partial charge in [0.25, 0.3) is 0 Å². The van der Waals surface area contributed by atoms with E-state index in [4.69, 9.17) is 5.73 Å². The van der Waals surface area contributed by atoms with Crippen molar-refractivity contribution in [2.45, 2.75) is 18.9 Å². The molecule has 1 atom stereocenters. The molecule has 4 heteroatoms. The van der Waals surface area contributed by atoms with E-state index in [1.54, 1.807) is 0 Å². The molecule has 0 amide bonds. The first-order valence-electron chi connectivity index (χ1n) is 4.46. The molecule has 84 valence electrons. The molecule has 15 heavy (non-hydrogen) atoms. The van der Waals surface area contributed by atoms with E-state index >= 15 is 0 Å². The minimum Gasteiger partial charge on any atom is -0.324 e. The average molecular weight is 295 g/mol. The maximum Gasteiger partial charge on any atom is 0.124 e. The molecule has 1 rings (SSSR count). The van der Waals surface area contributed by atoms with Gasteiger partial charge in [-0.2, -0.15) is 0 Å². The molecule has 0 fully saturated rings. The molecule has 0 aliphatic rings. The van der Waals surface area contributed by atoms with Crippen LogP contribution in [0, 0.1) is 5.82 Å². The minimum absolute atomic E-state index is 0. The fourth-order valence-corrected chi connectivity index (χ4v) is 1.74. The second-order valence-corrected chi connectivity index (χ2v) is 4.09. The Morgan fingerprint density at radius 2 is 2.13 bits per heavy atom. The lowest BCUT2D eigenvalue weighted by molar-refractivity contribution is 0.610. The quantitative estimate of drug-likeness (QED) is 0.835. The van der Waals surface area contributed by atoms with Crippen molar-refractivity contribution in [1.29, 1.82) is 0 Å². The van der Waals surface area contributed by atoms with Gasteiger partial charge in [-0.15, -0.1) is 19.0 Å². The molecule has 2 N–H and O–H groups in total. The van der Waals surface area contributed by atoms with E-state index in [2.05, 4.69) is 22.5 Å². The van der Waals surface area contributed by atoms with Crippen LogP contribution in [0.1, 0.15) is 24.4 Å². The molecule has 0 heterocycles. The van der Waals surface area contributed by atoms with Crippen LogP contribution in [0.15, 0.2) is 35.3 Å². The second kappa shape index (κ2) is 6.99. The summed E-state index contributed by atoms with van der Waals surface area (Å²) in [5, 5.41) is 0. The van der Waals surface area contributed by atoms with Gasteiger partial charge < -0.3 is 5.73 Å². The van der Waals surface area contributed by atoms with E-state index in [0.717, 1.165) is 22.9 Å². The summed E-state index contributed by atoms with van der Waals surface area (Å²) in [7, 11) is 0. The normalized spacial score (nSPS) is 11.7. The van der Waals surface area contributed by atoms with Crippen LogP contribution in [-0.4, -0.2) is 0 Å². The molecular formula is C11H14BrClFN. The van der Waals surface area contributed by atoms with Crippen LogP contribution in [0.2, 0.25) is 0 Å². The first-order chi connectivity index (χ1) is 6.63. The van der Waals surface area contributed by atoms with Crippen molar-refractivity contribution in [2.24, 2.45) is 5.73 Å². The maximum absolute atomic E-state index is 13.0. The Kier molecular flexibility index (Phi) is 6.81. The van der Waals surface area contributed by atoms with Gasteiger partial charge in [-0.1, -0.05) is 22.0 Å². The SMILES string of the molecule is C=CCC[C@@H](N)c1cc(F)cc(Br)c1.Cl. The Labute approximate surface area is 104 Å². The van der Waals surface area contributed by atoms with Crippen molar-refractivity contribution in [1.82, 2.24) is 0 Å². The third-order valence-electron chi connectivity index (χ3n) is 1.99. The second-order valence-electron chi connectivity index (χ2n) is 3.18. The van der Waals surface area contributed by atoms with E-state index in [-0.39, 0.29) is 24.3 Å². The molecule has 1 aromatic rings. The van der Waals surface area contributed by atoms with E-state index < -0.39 is 0 Å². The van der Waals surface area contributed by atoms with Gasteiger partial charge in [0.1, 0.15) is 5.82 Å². The Morgan fingerprint density at radius 3 is 2.67 bits per heavy atom. The lowest BCUT2D eigenvalue weighted by atomic mass is 10.0. The van der Waals surface area contributed by atoms with E-state index in [1.165, 1.54) is 12.1 Å². The zero-order chi connectivity index (χ0) is 10.6. The Hall–Kier alpha value is -0.380. The van der Waals surface area contributed by atoms with Crippen molar-refractivity contribution >= 4 is 28.3 Å². The predicted octanol–water partition coefficient (Wildman–Crippen LogP) is 3.98. The summed E-state index contributed by atoms with van der Waals surface area (Å²) >= 11 is 3.23. The summed E-state index contributed by atoms with van der Waals surface area (Å²) in [5.41, 5.74) is 6.70. The highest BCUT2D eigenvalue weighted by atomic mass is 79.9. The van der Waals surface area contributed by atoms with Gasteiger partial charge in [-0.3, -0.25) is 0 Å². The predicted molar refractivity (Wildman–Crippen MR) is 67.7 cm³/mol. The van der Waals surface area contributed by atoms with Gasteiger partial charge in [0.15, 0.2) is 0 Å². The molecule has 0 aromatic heterocycles. The average Bonchev–Trinajstić information content (AvgIpc) is 2.12. The van der Waals surface area contributed by atoms with E-state index in [1.807, 2.05) is 12.1 Å². The summed E-state index contributed by atoms with van der Waals surface area (Å²) in [6.45, 7) is 3.62. The van der Waals surface area contributed by atoms with Crippen LogP contribution in [0.5, 0.6) is 0 Å². The van der Waals surface area contributed by atoms with Gasteiger partial charge in [-0.25, -0.2) is 4.39 Å². The van der Waals surface area contributed by atoms with Crippen molar-refractivity contribution in [3.05, 3.63) is 46.7 Å². The summed E-state index contributed by atoms with van der Waals surface area (Å²) in [6, 6.07) is 4.61. The molecule has 1 nitrogen and oxygen atoms in total. The topological polar surface area (TPSA) is 26.0 Å². The smallest absolute Gasteiger partial charge is 0.124 e. The standard InChI is InChI=1S/C11H13BrFN.ClH/c1-2-3-4-11(14)8-5-9(12)7-10(13)6-8;/h2,5-7,11H,1,3-4,14H2;1H/t11-;/m1./s1. The number of allylic oxidation sites excluding steroid dienone is 1. The number of rotatable bonds is 4. The number of halogens is 3. The number of hydrogen-bond donors (Lipinski definition) is 1. The van der Waals surface area contributed by atoms with Crippen LogP contribution < -0.4 is 5.73 Å². The fraction of sp³-hybridized carbons (Fsp3) is 0.273. The summed E-state index contributed by atoms with van der Waals surface area (Å²) in [4.78, 5) is 0. The highest BCUT2D eigenvalue weighted by Crippen LogP contribution is 2.21. The molecule has 0 saturated carbocycles. The van der Waals surface area contributed by atoms with Crippen molar-refractivity contribution in [3.63, 3.8) is 0 Å². The summed E-state index contributed by atoms with van der Waals surface area (Å²) in [6.07, 6.45) is 3.45. The minimum atomic E-state index is -0.261. The van der Waals surface area contributed by atoms with Gasteiger partial charge in [0, 0.05) is 10.5 Å². The zero-order valence-corrected chi connectivity index (χ0v) is 10.7. The van der Waals surface area contributed by atoms with Gasteiger partial charge in [-0.05, 0) is 36.6 Å². The highest BCUT2D eigenvalue weighted by molar-refractivity contribution is 9.10. The van der Waals surface area contributed by atoms with Crippen LogP contribution in [-0.2, 0) is 0 Å². The zero-order valence-electron chi connectivity index (χ0n) is 8.25. The van der Waals surface area contributed by atoms with Gasteiger partial charge in [0.2, 0.25) is 0 Å².